The van der Waals surface area contributed by atoms with Gasteiger partial charge in [0.2, 0.25) is 17.1 Å². The van der Waals surface area contributed by atoms with Crippen LogP contribution in [0.1, 0.15) is 106 Å². The Balaban J connectivity index is 0.000000127. The van der Waals surface area contributed by atoms with E-state index in [1.807, 2.05) is 63.4 Å². The first-order chi connectivity index (χ1) is 46.7. The predicted molar refractivity (Wildman–Crippen MR) is 374 cm³/mol. The average Bonchev–Trinajstić information content (AvgIpc) is 1.63. The molecule has 6 heteroatoms. The molecule has 86 heavy (non-hydrogen) atoms. The molecule has 6 aromatic heterocycles. The van der Waals surface area contributed by atoms with Gasteiger partial charge >= 0.3 is 0 Å². The Labute approximate surface area is 536 Å². The summed E-state index contributed by atoms with van der Waals surface area (Å²) in [5, 5.41) is 14.1. The van der Waals surface area contributed by atoms with E-state index in [4.69, 9.17) is 17.8 Å². The Morgan fingerprint density at radius 3 is 1.12 bits per heavy atom. The number of benzene rings is 9. The van der Waals surface area contributed by atoms with E-state index in [1.165, 1.54) is 73.9 Å². The summed E-state index contributed by atoms with van der Waals surface area (Å²) in [6.07, 6.45) is 11.9. The van der Waals surface area contributed by atoms with Gasteiger partial charge in [-0.1, -0.05) is 138 Å². The van der Waals surface area contributed by atoms with Crippen LogP contribution in [0, 0.1) is 55.1 Å². The fourth-order valence-corrected chi connectivity index (χ4v) is 16.5. The summed E-state index contributed by atoms with van der Waals surface area (Å²) in [6.45, 7) is -0.406. The van der Waals surface area contributed by atoms with E-state index in [9.17, 15) is 0 Å². The van der Waals surface area contributed by atoms with E-state index in [2.05, 4.69) is 144 Å². The maximum absolute atomic E-state index is 9.05. The number of rotatable bonds is 4. The van der Waals surface area contributed by atoms with Gasteiger partial charge in [0.05, 0.1) is 16.2 Å². The third kappa shape index (κ3) is 10.4. The quantitative estimate of drug-likeness (QED) is 0.156. The maximum atomic E-state index is 9.05. The number of pyridine rings is 3. The van der Waals surface area contributed by atoms with Gasteiger partial charge in [-0.25, -0.2) is 13.7 Å². The van der Waals surface area contributed by atoms with Gasteiger partial charge in [-0.2, -0.15) is 0 Å². The minimum Gasteiger partial charge on any atom is -0.200 e. The highest BCUT2D eigenvalue weighted by molar-refractivity contribution is 7.26. The Morgan fingerprint density at radius 1 is 0.337 bits per heavy atom. The van der Waals surface area contributed by atoms with E-state index >= 15 is 0 Å². The van der Waals surface area contributed by atoms with Crippen LogP contribution in [-0.2, 0) is 21.1 Å². The van der Waals surface area contributed by atoms with Crippen molar-refractivity contribution in [2.75, 3.05) is 0 Å². The number of aromatic nitrogens is 3. The lowest BCUT2D eigenvalue weighted by atomic mass is 9.83. The molecule has 0 saturated heterocycles. The summed E-state index contributed by atoms with van der Waals surface area (Å²) in [7, 11) is 6.10. The summed E-state index contributed by atoms with van der Waals surface area (Å²) in [5.74, 6) is -0.447. The predicted octanol–water partition coefficient (Wildman–Crippen LogP) is 21.6. The Bertz CT molecular complexity index is 5790. The zero-order valence-electron chi connectivity index (χ0n) is 62.4. The molecular weight excluding hydrogens is 1100 g/mol. The topological polar surface area (TPSA) is 11.6 Å². The summed E-state index contributed by atoms with van der Waals surface area (Å²) >= 11 is 5.31. The van der Waals surface area contributed by atoms with Gasteiger partial charge in [-0.15, -0.1) is 34.0 Å². The van der Waals surface area contributed by atoms with Crippen LogP contribution in [0.25, 0.3) is 127 Å². The Hall–Kier alpha value is -8.13. The number of fused-ring (bicyclic) bond motifs is 12. The van der Waals surface area contributed by atoms with E-state index in [0.717, 1.165) is 113 Å². The van der Waals surface area contributed by atoms with Crippen LogP contribution < -0.4 is 13.7 Å². The lowest BCUT2D eigenvalue weighted by Crippen LogP contribution is -2.30. The van der Waals surface area contributed by atoms with Crippen molar-refractivity contribution in [3.05, 3.63) is 232 Å². The van der Waals surface area contributed by atoms with Gasteiger partial charge in [0, 0.05) is 97.1 Å². The molecule has 1 fully saturated rings. The molecule has 0 radical (unpaired) electrons. The molecule has 0 bridgehead atoms. The van der Waals surface area contributed by atoms with Crippen LogP contribution in [0.2, 0.25) is 0 Å². The second kappa shape index (κ2) is 22.3. The van der Waals surface area contributed by atoms with Gasteiger partial charge < -0.3 is 0 Å². The number of nitrogens with zero attached hydrogens (tertiary/aromatic N) is 3. The minimum atomic E-state index is -2.13. The molecule has 0 unspecified atom stereocenters. The summed E-state index contributed by atoms with van der Waals surface area (Å²) in [5.41, 5.74) is 13.0. The molecule has 16 rings (SSSR count). The lowest BCUT2D eigenvalue weighted by molar-refractivity contribution is -0.659. The van der Waals surface area contributed by atoms with Crippen molar-refractivity contribution in [3.63, 3.8) is 0 Å². The molecule has 0 amide bonds. The largest absolute Gasteiger partial charge is 0.213 e. The first-order valence-corrected chi connectivity index (χ1v) is 31.9. The fraction of sp³-hybridized carbons (Fsp3) is 0.212. The minimum absolute atomic E-state index is 0.345. The van der Waals surface area contributed by atoms with Crippen LogP contribution in [0.5, 0.6) is 0 Å². The number of thiophene rings is 3. The van der Waals surface area contributed by atoms with Crippen LogP contribution in [-0.4, -0.2) is 0 Å². The van der Waals surface area contributed by atoms with E-state index in [1.54, 1.807) is 71.2 Å². The van der Waals surface area contributed by atoms with Crippen molar-refractivity contribution in [2.24, 2.45) is 21.1 Å². The second-order valence-corrected chi connectivity index (χ2v) is 27.0. The molecule has 1 saturated carbocycles. The number of hydrogen-bond acceptors (Lipinski definition) is 3. The van der Waals surface area contributed by atoms with Crippen molar-refractivity contribution in [2.45, 2.75) is 93.1 Å². The van der Waals surface area contributed by atoms with Gasteiger partial charge in [0.15, 0.2) is 18.6 Å². The first kappa shape index (κ1) is 42.6. The molecule has 0 N–H and O–H groups in total. The van der Waals surface area contributed by atoms with E-state index in [0.29, 0.717) is 22.3 Å². The Morgan fingerprint density at radius 2 is 0.674 bits per heavy atom. The highest BCUT2D eigenvalue weighted by atomic mass is 32.1. The molecule has 0 atom stereocenters. The summed E-state index contributed by atoms with van der Waals surface area (Å²) in [6, 6.07) is 54.7. The van der Waals surface area contributed by atoms with Crippen molar-refractivity contribution < 1.29 is 31.5 Å². The standard InChI is InChI=1S/C30H30NS.2C25H22NS/c1-19-9-12-25(20(2)13-19)28-17-30-27(18-31(28)3)26-15-23-11-10-22(21-7-5-4-6-8-21)14-24(23)16-29(26)32-30;1-15-6-8-20(17(3)9-15)23-13-25-22(14-26(23)4)21-11-19-10-16(2)5-7-18(19)12-24(21)27-25;1-15-6-8-20(17(3)9-15)23-13-25-22(14-26(23)4)21-11-18-7-5-16(2)10-19(18)12-24(21)27-25/h9-18,21H,4-8H2,1-3H3;2*5-14H,1-4H3/q3*+1/i1D3,21D;1D3,2D3;1D3. The highest BCUT2D eigenvalue weighted by Crippen LogP contribution is 2.42. The number of hydrogen-bond donors (Lipinski definition) is 0. The van der Waals surface area contributed by atoms with Crippen molar-refractivity contribution in [3.8, 4) is 33.8 Å². The molecule has 9 aromatic carbocycles. The van der Waals surface area contributed by atoms with Gasteiger partial charge in [0.25, 0.3) is 0 Å². The van der Waals surface area contributed by atoms with Gasteiger partial charge in [-0.3, -0.25) is 0 Å². The lowest BCUT2D eigenvalue weighted by Gasteiger charge is -2.22. The molecule has 1 aliphatic rings. The maximum Gasteiger partial charge on any atom is 0.213 e. The normalized spacial score (nSPS) is 16.2. The van der Waals surface area contributed by atoms with Crippen molar-refractivity contribution in [1.29, 1.82) is 0 Å². The van der Waals surface area contributed by atoms with Crippen LogP contribution in [0.15, 0.2) is 182 Å². The van der Waals surface area contributed by atoms with E-state index in [-0.39, 0.29) is 0 Å². The third-order valence-corrected chi connectivity index (χ3v) is 20.9. The van der Waals surface area contributed by atoms with Gasteiger partial charge in [0.1, 0.15) is 21.1 Å². The molecule has 3 nitrogen and oxygen atoms in total. The summed E-state index contributed by atoms with van der Waals surface area (Å²) in [4.78, 5) is 0. The number of aryl methyl sites for hydroxylation is 11. The highest BCUT2D eigenvalue weighted by Gasteiger charge is 2.22. The zero-order valence-corrected chi connectivity index (χ0v) is 51.9. The molecule has 0 spiro atoms. The first-order valence-electron chi connectivity index (χ1n) is 36.0. The van der Waals surface area contributed by atoms with Crippen molar-refractivity contribution >= 4 is 127 Å². The van der Waals surface area contributed by atoms with Crippen LogP contribution in [0.3, 0.4) is 0 Å². The molecule has 6 heterocycles. The zero-order chi connectivity index (χ0) is 70.2. The molecule has 1 aliphatic carbocycles. The molecular formula is C80H74N3S3+3. The SMILES string of the molecule is [2H]C([2H])([2H])c1ccc(-c2cc3sc4cc5cc(C)ccc5cc4c3c[n+]2C)c(C)c1.[2H]C([2H])([2H])c1ccc(-c2cc3sc4cc5cc(C6([2H])CCCCC6)ccc5cc4c3c[n+]2C)c(C)c1.[2H]C([2H])([2H])c1ccc(-c2cc3sc4cc5ccc(C([2H])([2H])[2H])cc5cc4c3c[n+]2C)c(C)c1. The van der Waals surface area contributed by atoms with Crippen molar-refractivity contribution in [1.82, 2.24) is 0 Å². The van der Waals surface area contributed by atoms with Crippen LogP contribution in [0.4, 0.5) is 0 Å². The third-order valence-electron chi connectivity index (χ3n) is 17.6. The second-order valence-electron chi connectivity index (χ2n) is 23.7. The van der Waals surface area contributed by atoms with Crippen LogP contribution >= 0.6 is 34.0 Å². The fourth-order valence-electron chi connectivity index (χ4n) is 13.1. The molecule has 424 valence electrons. The monoisotopic (exact) mass is 1190 g/mol. The average molecular weight is 1190 g/mol. The summed E-state index contributed by atoms with van der Waals surface area (Å²) < 4.78 is 115. The van der Waals surface area contributed by atoms with E-state index < -0.39 is 33.3 Å². The molecule has 0 aliphatic heterocycles. The van der Waals surface area contributed by atoms with Gasteiger partial charge in [-0.05, 0) is 183 Å². The molecule has 15 aromatic rings. The smallest absolute Gasteiger partial charge is 0.200 e. The Kier molecular flexibility index (Phi) is 11.1.